The summed E-state index contributed by atoms with van der Waals surface area (Å²) in [7, 11) is 10.5. The predicted molar refractivity (Wildman–Crippen MR) is 316 cm³/mol. The quantitative estimate of drug-likeness (QED) is 0.0912. The highest BCUT2D eigenvalue weighted by atomic mass is 127. The van der Waals surface area contributed by atoms with Gasteiger partial charge in [-0.2, -0.15) is 0 Å². The van der Waals surface area contributed by atoms with Crippen LogP contribution >= 0.6 is 136 Å². The first kappa shape index (κ1) is 56.6. The van der Waals surface area contributed by atoms with E-state index >= 15 is 28.8 Å². The van der Waals surface area contributed by atoms with E-state index in [1.54, 1.807) is 317 Å². The average Bonchev–Trinajstić information content (AvgIpc) is 3.33. The summed E-state index contributed by atoms with van der Waals surface area (Å²) in [5.74, 6) is -5.87. The van der Waals surface area contributed by atoms with Crippen LogP contribution in [0.25, 0.3) is 0 Å². The molecule has 384 valence electrons. The van der Waals surface area contributed by atoms with E-state index in [1.807, 2.05) is 0 Å². The Labute approximate surface area is 498 Å². The van der Waals surface area contributed by atoms with Crippen LogP contribution in [0.1, 0.15) is 0 Å². The highest BCUT2D eigenvalue weighted by molar-refractivity contribution is 14.1. The van der Waals surface area contributed by atoms with Crippen molar-refractivity contribution in [2.24, 2.45) is 0 Å². The fraction of sp³-hybridized carbons (Fsp3) is 0.375. The minimum absolute atomic E-state index is 0.0478. The van der Waals surface area contributed by atoms with Crippen LogP contribution < -0.4 is 0 Å². The smallest absolute Gasteiger partial charge is 0.337 e. The minimum Gasteiger partial charge on any atom is -0.434 e. The number of halogens is 6. The summed E-state index contributed by atoms with van der Waals surface area (Å²) in [6.45, 7) is 0.287. The van der Waals surface area contributed by atoms with Gasteiger partial charge in [-0.1, -0.05) is 0 Å². The molecule has 7 rings (SSSR count). The van der Waals surface area contributed by atoms with Crippen molar-refractivity contribution in [2.45, 2.75) is 21.6 Å². The highest BCUT2D eigenvalue weighted by Crippen LogP contribution is 2.77. The molecule has 6 heterocycles. The zero-order valence-corrected chi connectivity index (χ0v) is 52.4. The standard InChI is InChI=1S/C48H48I6N6O12/c1-55-19-7-13-31(25-55)37(61)67-43(49)44(50,68-38(62)32-14-8-20-56(2)26-32)46(52,70-40(64)34-16-10-22-58(4)28-34)48(54,72-42(66)36-18-12-24-60(6)30-36)47(53,71-41(65)35-17-11-23-59(5)29-35)45(43,51)69-39(63)33-15-9-21-57(3)27-33/h7-24H,25-30H2,1-6H3/t43-,44-,45-,46+,47?,48?/m1/s1. The van der Waals surface area contributed by atoms with Crippen molar-refractivity contribution in [2.75, 3.05) is 81.6 Å². The van der Waals surface area contributed by atoms with E-state index < -0.39 is 57.5 Å². The van der Waals surface area contributed by atoms with E-state index in [4.69, 9.17) is 28.4 Å². The molecular weight excluding hydrogens is 1610 g/mol. The molecule has 24 heteroatoms. The normalized spacial score (nSPS) is 30.8. The van der Waals surface area contributed by atoms with Gasteiger partial charge < -0.3 is 57.8 Å². The van der Waals surface area contributed by atoms with Gasteiger partial charge in [0, 0.05) is 81.6 Å². The van der Waals surface area contributed by atoms with E-state index in [0.717, 1.165) is 0 Å². The first-order valence-electron chi connectivity index (χ1n) is 21.8. The second-order valence-corrected chi connectivity index (χ2v) is 26.7. The first-order valence-corrected chi connectivity index (χ1v) is 28.3. The lowest BCUT2D eigenvalue weighted by atomic mass is 9.82. The number of alkyl halides is 6. The molecule has 1 aliphatic carbocycles. The number of likely N-dealkylation sites (N-methyl/N-ethyl adjacent to an activating group) is 6. The third-order valence-corrected chi connectivity index (χ3v) is 28.4. The number of carbonyl (C=O) groups is 6. The van der Waals surface area contributed by atoms with Gasteiger partial charge in [-0.05, 0) is 246 Å². The third-order valence-electron chi connectivity index (χ3n) is 11.8. The summed E-state index contributed by atoms with van der Waals surface area (Å²) in [4.78, 5) is 102. The molecule has 0 saturated heterocycles. The molecule has 7 aliphatic rings. The van der Waals surface area contributed by atoms with E-state index in [2.05, 4.69) is 0 Å². The first-order chi connectivity index (χ1) is 33.8. The van der Waals surface area contributed by atoms with Crippen LogP contribution in [0.2, 0.25) is 0 Å². The van der Waals surface area contributed by atoms with Gasteiger partial charge in [-0.25, -0.2) is 28.8 Å². The van der Waals surface area contributed by atoms with Crippen molar-refractivity contribution in [1.82, 2.24) is 29.4 Å². The zero-order valence-electron chi connectivity index (χ0n) is 39.5. The molecule has 0 N–H and O–H groups in total. The average molecular weight is 1660 g/mol. The number of allylic oxidation sites excluding steroid dienone is 12. The van der Waals surface area contributed by atoms with Crippen LogP contribution in [-0.2, 0) is 57.2 Å². The number of carbonyl (C=O) groups excluding carboxylic acids is 6. The largest absolute Gasteiger partial charge is 0.434 e. The second-order valence-electron chi connectivity index (χ2n) is 17.6. The molecule has 18 nitrogen and oxygen atoms in total. The molecule has 1 fully saturated rings. The highest BCUT2D eigenvalue weighted by Gasteiger charge is 2.97. The van der Waals surface area contributed by atoms with E-state index in [1.165, 1.54) is 0 Å². The number of ether oxygens (including phenoxy) is 6. The lowest BCUT2D eigenvalue weighted by Crippen LogP contribution is -2.90. The molecule has 0 bridgehead atoms. The van der Waals surface area contributed by atoms with Gasteiger partial charge in [-0.3, -0.25) is 0 Å². The van der Waals surface area contributed by atoms with Crippen molar-refractivity contribution < 1.29 is 57.2 Å². The molecule has 0 atom stereocenters. The summed E-state index contributed by atoms with van der Waals surface area (Å²) < 4.78 is 25.1. The summed E-state index contributed by atoms with van der Waals surface area (Å²) in [5, 5.41) is 0. The fourth-order valence-corrected chi connectivity index (χ4v) is 18.2. The van der Waals surface area contributed by atoms with E-state index in [0.29, 0.717) is 0 Å². The Morgan fingerprint density at radius 1 is 0.306 bits per heavy atom. The van der Waals surface area contributed by atoms with Crippen LogP contribution in [0.5, 0.6) is 0 Å². The SMILES string of the molecule is CN1C=CC=C(C(=O)OC2(I)C(I)(OC(=O)C3=CC=CN(C)C3)[C@](I)(OC(=O)C3=CC=CN(C)C3)[C@](I)(OC(=O)C3=CC=CN(C)C3)[C@@](I)(OC(=O)C3=CC=CN(C)C3)[C@]2(I)OC(=O)C2=CC=CN(C)C2)C1. The molecule has 0 unspecified atom stereocenters. The third kappa shape index (κ3) is 10.7. The topological polar surface area (TPSA) is 177 Å². The number of nitrogens with zero attached hydrogens (tertiary/aromatic N) is 6. The van der Waals surface area contributed by atoms with Crippen LogP contribution in [0, 0.1) is 0 Å². The predicted octanol–water partition coefficient (Wildman–Crippen LogP) is 6.36. The summed E-state index contributed by atoms with van der Waals surface area (Å²) in [5.41, 5.74) is 0.696. The Morgan fingerprint density at radius 3 is 0.542 bits per heavy atom. The Balaban J connectivity index is 1.60. The van der Waals surface area contributed by atoms with Crippen LogP contribution in [0.15, 0.2) is 144 Å². The van der Waals surface area contributed by atoms with Gasteiger partial charge in [0.15, 0.2) is 0 Å². The monoisotopic (exact) mass is 1660 g/mol. The fourth-order valence-electron chi connectivity index (χ4n) is 8.06. The molecule has 0 radical (unpaired) electrons. The molecule has 0 aromatic carbocycles. The van der Waals surface area contributed by atoms with Crippen molar-refractivity contribution in [3.63, 3.8) is 0 Å². The number of rotatable bonds is 12. The maximum absolute atomic E-state index is 15.2. The van der Waals surface area contributed by atoms with Crippen molar-refractivity contribution >= 4 is 171 Å². The van der Waals surface area contributed by atoms with Gasteiger partial charge in [0.1, 0.15) is 0 Å². The van der Waals surface area contributed by atoms with Gasteiger partial charge in [0.2, 0.25) is 0 Å². The van der Waals surface area contributed by atoms with Crippen LogP contribution in [0.3, 0.4) is 0 Å². The van der Waals surface area contributed by atoms with Crippen LogP contribution in [-0.4, -0.2) is 168 Å². The Morgan fingerprint density at radius 2 is 0.431 bits per heavy atom. The second kappa shape index (κ2) is 22.2. The lowest BCUT2D eigenvalue weighted by molar-refractivity contribution is -0.283. The Kier molecular flexibility index (Phi) is 17.5. The number of esters is 6. The van der Waals surface area contributed by atoms with Crippen molar-refractivity contribution in [3.05, 3.63) is 144 Å². The summed E-state index contributed by atoms with van der Waals surface area (Å²) in [6, 6.07) is 0. The van der Waals surface area contributed by atoms with E-state index in [9.17, 15) is 0 Å². The van der Waals surface area contributed by atoms with Gasteiger partial charge in [-0.15, -0.1) is 0 Å². The molecular formula is C48H48I6N6O12. The van der Waals surface area contributed by atoms with E-state index in [-0.39, 0.29) is 72.7 Å². The Hall–Kier alpha value is -3.12. The lowest BCUT2D eigenvalue weighted by Gasteiger charge is -2.66. The molecule has 1 saturated carbocycles. The summed E-state index contributed by atoms with van der Waals surface area (Å²) in [6.07, 6.45) is 29.5. The molecule has 0 spiro atoms. The molecule has 72 heavy (non-hydrogen) atoms. The molecule has 0 aromatic rings. The molecule has 6 aliphatic heterocycles. The number of hydrogen-bond acceptors (Lipinski definition) is 18. The van der Waals surface area contributed by atoms with Crippen LogP contribution in [0.4, 0.5) is 0 Å². The maximum atomic E-state index is 15.2. The summed E-state index contributed by atoms with van der Waals surface area (Å²) >= 11 is 10.5. The van der Waals surface area contributed by atoms with Gasteiger partial charge in [0.05, 0.1) is 33.4 Å². The van der Waals surface area contributed by atoms with Gasteiger partial charge >= 0.3 is 35.8 Å². The molecule has 0 aromatic heterocycles. The minimum atomic E-state index is -2.68. The zero-order chi connectivity index (χ0) is 52.6. The number of hydrogen-bond donors (Lipinski definition) is 0. The molecule has 0 amide bonds. The van der Waals surface area contributed by atoms with Crippen molar-refractivity contribution in [1.29, 1.82) is 0 Å². The van der Waals surface area contributed by atoms with Crippen molar-refractivity contribution in [3.8, 4) is 0 Å². The maximum Gasteiger partial charge on any atom is 0.337 e. The Bertz CT molecular complexity index is 2230. The van der Waals surface area contributed by atoms with Gasteiger partial charge in [0.25, 0.3) is 21.6 Å².